The predicted molar refractivity (Wildman–Crippen MR) is 76.2 cm³/mol. The molecular formula is C15H14ClFN2O. The van der Waals surface area contributed by atoms with Crippen LogP contribution in [0.4, 0.5) is 4.39 Å². The largest absolute Gasteiger partial charge is 0.340 e. The van der Waals surface area contributed by atoms with Gasteiger partial charge < -0.3 is 5.32 Å². The average Bonchev–Trinajstić information content (AvgIpc) is 2.48. The lowest BCUT2D eigenvalue weighted by molar-refractivity contribution is 0.0908. The van der Waals surface area contributed by atoms with E-state index in [4.69, 9.17) is 11.6 Å². The zero-order valence-electron chi connectivity index (χ0n) is 10.9. The van der Waals surface area contributed by atoms with Crippen molar-refractivity contribution in [2.45, 2.75) is 12.5 Å². The minimum absolute atomic E-state index is 0.152. The summed E-state index contributed by atoms with van der Waals surface area (Å²) in [4.78, 5) is 15.9. The van der Waals surface area contributed by atoms with E-state index in [1.54, 1.807) is 0 Å². The second kappa shape index (κ2) is 6.01. The van der Waals surface area contributed by atoms with Gasteiger partial charge in [-0.05, 0) is 24.6 Å². The lowest BCUT2D eigenvalue weighted by Gasteiger charge is -2.29. The molecule has 0 spiro atoms. The van der Waals surface area contributed by atoms with Crippen molar-refractivity contribution in [1.82, 2.24) is 10.3 Å². The number of nitrogens with one attached hydrogen (secondary N) is 1. The van der Waals surface area contributed by atoms with Crippen molar-refractivity contribution in [3.05, 3.63) is 65.7 Å². The lowest BCUT2D eigenvalue weighted by Crippen LogP contribution is -2.45. The number of hydrogen-bond donors (Lipinski definition) is 1. The van der Waals surface area contributed by atoms with Gasteiger partial charge in [0, 0.05) is 5.88 Å². The molecule has 1 aromatic carbocycles. The number of carbonyl (C=O) groups is 1. The number of benzene rings is 1. The third kappa shape index (κ3) is 3.14. The Kier molecular flexibility index (Phi) is 4.35. The van der Waals surface area contributed by atoms with Crippen LogP contribution in [0, 0.1) is 5.82 Å². The van der Waals surface area contributed by atoms with E-state index in [1.165, 1.54) is 12.1 Å². The Morgan fingerprint density at radius 2 is 2.00 bits per heavy atom. The van der Waals surface area contributed by atoms with Crippen LogP contribution in [0.15, 0.2) is 48.7 Å². The molecular weight excluding hydrogens is 279 g/mol. The summed E-state index contributed by atoms with van der Waals surface area (Å²) in [5.41, 5.74) is 0.333. The van der Waals surface area contributed by atoms with E-state index in [1.807, 2.05) is 37.3 Å². The first kappa shape index (κ1) is 14.5. The molecule has 1 unspecified atom stereocenters. The molecule has 5 heteroatoms. The van der Waals surface area contributed by atoms with E-state index in [2.05, 4.69) is 10.3 Å². The van der Waals surface area contributed by atoms with E-state index in [9.17, 15) is 9.18 Å². The molecule has 0 aliphatic carbocycles. The van der Waals surface area contributed by atoms with Crippen molar-refractivity contribution in [2.24, 2.45) is 0 Å². The Balaban J connectivity index is 2.22. The highest BCUT2D eigenvalue weighted by atomic mass is 35.5. The van der Waals surface area contributed by atoms with Crippen LogP contribution in [-0.4, -0.2) is 16.8 Å². The molecule has 0 aliphatic rings. The fraction of sp³-hybridized carbons (Fsp3) is 0.200. The van der Waals surface area contributed by atoms with Crippen LogP contribution in [0.2, 0.25) is 0 Å². The van der Waals surface area contributed by atoms with E-state index < -0.39 is 17.3 Å². The summed E-state index contributed by atoms with van der Waals surface area (Å²) in [7, 11) is 0. The number of nitrogens with zero attached hydrogens (tertiary/aromatic N) is 1. The van der Waals surface area contributed by atoms with Crippen molar-refractivity contribution in [2.75, 3.05) is 5.88 Å². The second-order valence-corrected chi connectivity index (χ2v) is 4.91. The number of rotatable bonds is 4. The Bertz CT molecular complexity index is 589. The zero-order valence-corrected chi connectivity index (χ0v) is 11.7. The highest BCUT2D eigenvalue weighted by Crippen LogP contribution is 2.22. The van der Waals surface area contributed by atoms with Crippen LogP contribution in [0.3, 0.4) is 0 Å². The van der Waals surface area contributed by atoms with Gasteiger partial charge in [0.1, 0.15) is 11.5 Å². The fourth-order valence-corrected chi connectivity index (χ4v) is 2.03. The molecule has 0 bridgehead atoms. The summed E-state index contributed by atoms with van der Waals surface area (Å²) in [6, 6.07) is 12.0. The molecule has 1 amide bonds. The molecule has 1 atom stereocenters. The van der Waals surface area contributed by atoms with Gasteiger partial charge in [0.25, 0.3) is 5.91 Å². The first-order valence-corrected chi connectivity index (χ1v) is 6.64. The quantitative estimate of drug-likeness (QED) is 0.880. The van der Waals surface area contributed by atoms with Gasteiger partial charge in [-0.1, -0.05) is 30.3 Å². The van der Waals surface area contributed by atoms with Crippen molar-refractivity contribution >= 4 is 17.5 Å². The van der Waals surface area contributed by atoms with E-state index in [0.29, 0.717) is 0 Å². The van der Waals surface area contributed by atoms with E-state index in [-0.39, 0.29) is 11.6 Å². The molecule has 0 aliphatic heterocycles. The monoisotopic (exact) mass is 292 g/mol. The van der Waals surface area contributed by atoms with Crippen LogP contribution < -0.4 is 5.32 Å². The second-order valence-electron chi connectivity index (χ2n) is 4.65. The van der Waals surface area contributed by atoms with Crippen LogP contribution in [-0.2, 0) is 5.54 Å². The number of halogens is 2. The smallest absolute Gasteiger partial charge is 0.270 e. The molecule has 1 N–H and O–H groups in total. The van der Waals surface area contributed by atoms with Crippen LogP contribution in [0.5, 0.6) is 0 Å². The Labute approximate surface area is 121 Å². The zero-order chi connectivity index (χ0) is 14.6. The number of carbonyl (C=O) groups excluding carboxylic acids is 1. The topological polar surface area (TPSA) is 42.0 Å². The van der Waals surface area contributed by atoms with Crippen LogP contribution in [0.1, 0.15) is 23.0 Å². The first-order valence-electron chi connectivity index (χ1n) is 6.11. The molecule has 1 aromatic heterocycles. The predicted octanol–water partition coefficient (Wildman–Crippen LogP) is 3.10. The molecule has 2 aromatic rings. The summed E-state index contributed by atoms with van der Waals surface area (Å²) in [5, 5.41) is 2.84. The molecule has 2 rings (SSSR count). The standard InChI is InChI=1S/C15H14ClFN2O/c1-15(10-16,11-5-3-2-4-6-11)19-14(20)13-8-7-12(17)9-18-13/h2-9H,10H2,1H3,(H,19,20). The fourth-order valence-electron chi connectivity index (χ4n) is 1.81. The van der Waals surface area contributed by atoms with Crippen molar-refractivity contribution in [1.29, 1.82) is 0 Å². The first-order chi connectivity index (χ1) is 9.55. The maximum absolute atomic E-state index is 12.8. The highest BCUT2D eigenvalue weighted by molar-refractivity contribution is 6.18. The lowest BCUT2D eigenvalue weighted by atomic mass is 9.94. The number of aromatic nitrogens is 1. The van der Waals surface area contributed by atoms with Gasteiger partial charge in [0.2, 0.25) is 0 Å². The third-order valence-corrected chi connectivity index (χ3v) is 3.56. The summed E-state index contributed by atoms with van der Waals surface area (Å²) in [6.45, 7) is 1.83. The van der Waals surface area contributed by atoms with Gasteiger partial charge >= 0.3 is 0 Å². The molecule has 104 valence electrons. The summed E-state index contributed by atoms with van der Waals surface area (Å²) in [6.07, 6.45) is 1.01. The molecule has 20 heavy (non-hydrogen) atoms. The normalized spacial score (nSPS) is 13.6. The van der Waals surface area contributed by atoms with E-state index >= 15 is 0 Å². The van der Waals surface area contributed by atoms with Gasteiger partial charge in [-0.15, -0.1) is 11.6 Å². The highest BCUT2D eigenvalue weighted by Gasteiger charge is 2.28. The SMILES string of the molecule is CC(CCl)(NC(=O)c1ccc(F)cn1)c1ccccc1. The third-order valence-electron chi connectivity index (χ3n) is 3.03. The van der Waals surface area contributed by atoms with Gasteiger partial charge in [-0.3, -0.25) is 4.79 Å². The Morgan fingerprint density at radius 3 is 2.55 bits per heavy atom. The molecule has 0 saturated heterocycles. The van der Waals surface area contributed by atoms with Crippen molar-refractivity contribution < 1.29 is 9.18 Å². The number of hydrogen-bond acceptors (Lipinski definition) is 2. The van der Waals surface area contributed by atoms with Gasteiger partial charge in [0.15, 0.2) is 0 Å². The molecule has 0 saturated carbocycles. The number of alkyl halides is 1. The van der Waals surface area contributed by atoms with Crippen LogP contribution in [0.25, 0.3) is 0 Å². The summed E-state index contributed by atoms with van der Waals surface area (Å²) in [5.74, 6) is -0.661. The maximum Gasteiger partial charge on any atom is 0.270 e. The van der Waals surface area contributed by atoms with Gasteiger partial charge in [0.05, 0.1) is 11.7 Å². The average molecular weight is 293 g/mol. The molecule has 0 radical (unpaired) electrons. The molecule has 0 fully saturated rings. The summed E-state index contributed by atoms with van der Waals surface area (Å²) < 4.78 is 12.8. The number of amides is 1. The van der Waals surface area contributed by atoms with Crippen molar-refractivity contribution in [3.8, 4) is 0 Å². The van der Waals surface area contributed by atoms with Crippen LogP contribution >= 0.6 is 11.6 Å². The number of pyridine rings is 1. The molecule has 1 heterocycles. The Morgan fingerprint density at radius 1 is 1.30 bits per heavy atom. The summed E-state index contributed by atoms with van der Waals surface area (Å²) >= 11 is 6.00. The minimum Gasteiger partial charge on any atom is -0.340 e. The van der Waals surface area contributed by atoms with Crippen molar-refractivity contribution in [3.63, 3.8) is 0 Å². The van der Waals surface area contributed by atoms with E-state index in [0.717, 1.165) is 11.8 Å². The molecule has 3 nitrogen and oxygen atoms in total. The minimum atomic E-state index is -0.712. The maximum atomic E-state index is 12.8. The van der Waals surface area contributed by atoms with Gasteiger partial charge in [-0.2, -0.15) is 0 Å². The van der Waals surface area contributed by atoms with Gasteiger partial charge in [-0.25, -0.2) is 9.37 Å². The Hall–Kier alpha value is -1.94.